The van der Waals surface area contributed by atoms with Crippen LogP contribution in [0.2, 0.25) is 5.15 Å². The molecule has 1 atom stereocenters. The number of halogens is 1. The van der Waals surface area contributed by atoms with E-state index >= 15 is 0 Å². The molecule has 0 spiro atoms. The smallest absolute Gasteiger partial charge is 0.148 e. The topological polar surface area (TPSA) is 55.2 Å². The Morgan fingerprint density at radius 3 is 2.68 bits per heavy atom. The number of likely N-dealkylation sites (tertiary alicyclic amines) is 1. The number of aromatic nitrogens is 2. The lowest BCUT2D eigenvalue weighted by atomic mass is 10.1. The zero-order valence-electron chi connectivity index (χ0n) is 11.6. The van der Waals surface area contributed by atoms with Crippen molar-refractivity contribution in [3.63, 3.8) is 0 Å². The van der Waals surface area contributed by atoms with Crippen LogP contribution in [0, 0.1) is 6.92 Å². The summed E-state index contributed by atoms with van der Waals surface area (Å²) in [7, 11) is -1.10. The molecule has 2 rings (SSSR count). The van der Waals surface area contributed by atoms with Gasteiger partial charge in [0.25, 0.3) is 0 Å². The summed E-state index contributed by atoms with van der Waals surface area (Å²) in [6, 6.07) is 0.197. The Bertz CT molecular complexity index is 568. The highest BCUT2D eigenvalue weighted by Crippen LogP contribution is 2.37. The van der Waals surface area contributed by atoms with Gasteiger partial charge in [0.05, 0.1) is 11.4 Å². The lowest BCUT2D eigenvalue weighted by Gasteiger charge is -2.24. The summed E-state index contributed by atoms with van der Waals surface area (Å²) < 4.78 is 24.3. The Hall–Kier alpha value is -0.590. The fraction of sp³-hybridized carbons (Fsp3) is 0.750. The molecule has 0 radical (unpaired) electrons. The van der Waals surface area contributed by atoms with Gasteiger partial charge in [-0.1, -0.05) is 11.6 Å². The fourth-order valence-corrected chi connectivity index (χ4v) is 3.60. The maximum Gasteiger partial charge on any atom is 0.148 e. The second-order valence-corrected chi connectivity index (χ2v) is 7.86. The molecule has 108 valence electrons. The third kappa shape index (κ3) is 3.30. The van der Waals surface area contributed by atoms with Gasteiger partial charge in [-0.05, 0) is 26.3 Å². The summed E-state index contributed by atoms with van der Waals surface area (Å²) in [4.78, 5) is 2.21. The molecule has 1 saturated heterocycles. The average molecular weight is 306 g/mol. The molecular formula is C12H20ClN3O2S. The van der Waals surface area contributed by atoms with E-state index in [4.69, 9.17) is 11.6 Å². The van der Waals surface area contributed by atoms with Crippen molar-refractivity contribution in [2.45, 2.75) is 25.8 Å². The summed E-state index contributed by atoms with van der Waals surface area (Å²) in [6.45, 7) is 3.44. The summed E-state index contributed by atoms with van der Waals surface area (Å²) in [6.07, 6.45) is 3.36. The molecular weight excluding hydrogens is 286 g/mol. The second-order valence-electron chi connectivity index (χ2n) is 5.24. The van der Waals surface area contributed by atoms with Crippen LogP contribution in [-0.2, 0) is 16.9 Å². The van der Waals surface area contributed by atoms with Crippen LogP contribution >= 0.6 is 11.6 Å². The van der Waals surface area contributed by atoms with Gasteiger partial charge in [0, 0.05) is 31.5 Å². The number of hydrogen-bond donors (Lipinski definition) is 0. The minimum absolute atomic E-state index is 0.195. The van der Waals surface area contributed by atoms with E-state index in [-0.39, 0.29) is 11.8 Å². The van der Waals surface area contributed by atoms with Crippen LogP contribution in [0.5, 0.6) is 0 Å². The molecule has 1 aliphatic rings. The van der Waals surface area contributed by atoms with Crippen molar-refractivity contribution in [3.05, 3.63) is 16.4 Å². The van der Waals surface area contributed by atoms with Crippen molar-refractivity contribution in [3.8, 4) is 0 Å². The fourth-order valence-electron chi connectivity index (χ4n) is 2.73. The Labute approximate surface area is 119 Å². The van der Waals surface area contributed by atoms with E-state index in [1.165, 1.54) is 6.26 Å². The lowest BCUT2D eigenvalue weighted by molar-refractivity contribution is 0.272. The number of rotatable bonds is 4. The minimum Gasteiger partial charge on any atom is -0.295 e. The molecule has 0 N–H and O–H groups in total. The van der Waals surface area contributed by atoms with Crippen LogP contribution < -0.4 is 0 Å². The summed E-state index contributed by atoms with van der Waals surface area (Å²) in [5.41, 5.74) is 1.99. The molecule has 0 aromatic carbocycles. The molecule has 5 nitrogen and oxygen atoms in total. The largest absolute Gasteiger partial charge is 0.295 e. The van der Waals surface area contributed by atoms with E-state index in [9.17, 15) is 8.42 Å². The third-order valence-corrected chi connectivity index (χ3v) is 5.01. The molecule has 0 amide bonds. The maximum absolute atomic E-state index is 11.3. The van der Waals surface area contributed by atoms with Crippen LogP contribution in [0.1, 0.15) is 30.1 Å². The van der Waals surface area contributed by atoms with Gasteiger partial charge >= 0.3 is 0 Å². The number of aryl methyl sites for hydroxylation is 2. The summed E-state index contributed by atoms with van der Waals surface area (Å²) in [5.74, 6) is 0.195. The SMILES string of the molecule is Cc1nn(C)c(Cl)c1[C@@H]1CCCN1CCS(C)(=O)=O. The van der Waals surface area contributed by atoms with Crippen LogP contribution in [0.3, 0.4) is 0 Å². The second kappa shape index (κ2) is 5.42. The van der Waals surface area contributed by atoms with Crippen molar-refractivity contribution in [2.75, 3.05) is 25.1 Å². The van der Waals surface area contributed by atoms with Gasteiger partial charge in [-0.3, -0.25) is 9.58 Å². The zero-order chi connectivity index (χ0) is 14.2. The van der Waals surface area contributed by atoms with Crippen molar-refractivity contribution < 1.29 is 8.42 Å². The highest BCUT2D eigenvalue weighted by molar-refractivity contribution is 7.90. The van der Waals surface area contributed by atoms with Gasteiger partial charge in [-0.2, -0.15) is 5.10 Å². The van der Waals surface area contributed by atoms with E-state index in [1.54, 1.807) is 4.68 Å². The first kappa shape index (κ1) is 14.8. The van der Waals surface area contributed by atoms with E-state index in [2.05, 4.69) is 10.00 Å². The molecule has 0 aliphatic carbocycles. The predicted octanol–water partition coefficient (Wildman–Crippen LogP) is 1.56. The molecule has 1 aromatic rings. The van der Waals surface area contributed by atoms with Gasteiger partial charge in [0.2, 0.25) is 0 Å². The van der Waals surface area contributed by atoms with Crippen LogP contribution in [-0.4, -0.2) is 48.2 Å². The average Bonchev–Trinajstić information content (AvgIpc) is 2.82. The standard InChI is InChI=1S/C12H20ClN3O2S/c1-9-11(12(13)15(2)14-9)10-5-4-6-16(10)7-8-19(3,17)18/h10H,4-8H2,1-3H3/t10-/m0/s1. The molecule has 0 bridgehead atoms. The predicted molar refractivity (Wildman–Crippen MR) is 76.2 cm³/mol. The van der Waals surface area contributed by atoms with Gasteiger partial charge < -0.3 is 0 Å². The molecule has 0 saturated carbocycles. The van der Waals surface area contributed by atoms with Gasteiger partial charge in [0.1, 0.15) is 15.0 Å². The first-order chi connectivity index (χ1) is 8.79. The quantitative estimate of drug-likeness (QED) is 0.847. The molecule has 19 heavy (non-hydrogen) atoms. The van der Waals surface area contributed by atoms with Crippen molar-refractivity contribution in [1.82, 2.24) is 14.7 Å². The molecule has 7 heteroatoms. The highest BCUT2D eigenvalue weighted by Gasteiger charge is 2.31. The van der Waals surface area contributed by atoms with Crippen molar-refractivity contribution in [2.24, 2.45) is 7.05 Å². The van der Waals surface area contributed by atoms with E-state index in [1.807, 2.05) is 14.0 Å². The monoisotopic (exact) mass is 305 g/mol. The Morgan fingerprint density at radius 1 is 1.47 bits per heavy atom. The molecule has 1 aliphatic heterocycles. The maximum atomic E-state index is 11.3. The first-order valence-corrected chi connectivity index (χ1v) is 8.84. The van der Waals surface area contributed by atoms with Crippen molar-refractivity contribution >= 4 is 21.4 Å². The van der Waals surface area contributed by atoms with Gasteiger partial charge in [-0.15, -0.1) is 0 Å². The van der Waals surface area contributed by atoms with E-state index in [0.717, 1.165) is 30.6 Å². The number of hydrogen-bond acceptors (Lipinski definition) is 4. The molecule has 2 heterocycles. The zero-order valence-corrected chi connectivity index (χ0v) is 13.1. The van der Waals surface area contributed by atoms with Gasteiger partial charge in [-0.25, -0.2) is 8.42 Å². The number of nitrogens with zero attached hydrogens (tertiary/aromatic N) is 3. The number of sulfone groups is 1. The van der Waals surface area contributed by atoms with E-state index in [0.29, 0.717) is 11.7 Å². The molecule has 1 aromatic heterocycles. The highest BCUT2D eigenvalue weighted by atomic mass is 35.5. The van der Waals surface area contributed by atoms with Crippen LogP contribution in [0.25, 0.3) is 0 Å². The normalized spacial score (nSPS) is 21.2. The van der Waals surface area contributed by atoms with Crippen molar-refractivity contribution in [1.29, 1.82) is 0 Å². The Kier molecular flexibility index (Phi) is 4.23. The minimum atomic E-state index is -2.93. The van der Waals surface area contributed by atoms with Gasteiger partial charge in [0.15, 0.2) is 0 Å². The molecule has 1 fully saturated rings. The Balaban J connectivity index is 2.19. The first-order valence-electron chi connectivity index (χ1n) is 6.40. The van der Waals surface area contributed by atoms with E-state index < -0.39 is 9.84 Å². The lowest BCUT2D eigenvalue weighted by Crippen LogP contribution is -2.29. The van der Waals surface area contributed by atoms with Crippen LogP contribution in [0.15, 0.2) is 0 Å². The molecule has 0 unspecified atom stereocenters. The third-order valence-electron chi connectivity index (χ3n) is 3.64. The Morgan fingerprint density at radius 2 is 2.16 bits per heavy atom. The summed E-state index contributed by atoms with van der Waals surface area (Å²) in [5, 5.41) is 5.00. The van der Waals surface area contributed by atoms with Crippen LogP contribution in [0.4, 0.5) is 0 Å². The summed E-state index contributed by atoms with van der Waals surface area (Å²) >= 11 is 6.31.